The first-order chi connectivity index (χ1) is 9.49. The van der Waals surface area contributed by atoms with Crippen molar-refractivity contribution in [3.8, 4) is 0 Å². The molecule has 5 heteroatoms. The predicted octanol–water partition coefficient (Wildman–Crippen LogP) is 2.57. The van der Waals surface area contributed by atoms with Gasteiger partial charge in [-0.2, -0.15) is 0 Å². The summed E-state index contributed by atoms with van der Waals surface area (Å²) < 4.78 is 0. The molecule has 0 saturated carbocycles. The number of halogens is 1. The van der Waals surface area contributed by atoms with Gasteiger partial charge in [0.1, 0.15) is 6.04 Å². The van der Waals surface area contributed by atoms with E-state index in [-0.39, 0.29) is 5.92 Å². The van der Waals surface area contributed by atoms with Crippen molar-refractivity contribution in [3.05, 3.63) is 29.3 Å². The van der Waals surface area contributed by atoms with Crippen molar-refractivity contribution in [2.75, 3.05) is 31.1 Å². The highest BCUT2D eigenvalue weighted by molar-refractivity contribution is 6.30. The average molecular weight is 297 g/mol. The Morgan fingerprint density at radius 1 is 1.25 bits per heavy atom. The summed E-state index contributed by atoms with van der Waals surface area (Å²) in [5.74, 6) is -0.610. The molecule has 1 aromatic rings. The number of carboxylic acid groups (broad SMARTS) is 1. The third-order valence-corrected chi connectivity index (χ3v) is 4.00. The molecular formula is C15H21ClN2O2. The van der Waals surface area contributed by atoms with Crippen molar-refractivity contribution in [1.29, 1.82) is 0 Å². The van der Waals surface area contributed by atoms with E-state index in [1.165, 1.54) is 0 Å². The van der Waals surface area contributed by atoms with Crippen LogP contribution in [0.5, 0.6) is 0 Å². The van der Waals surface area contributed by atoms with Gasteiger partial charge in [-0.25, -0.2) is 0 Å². The Hall–Kier alpha value is -1.26. The molecule has 0 radical (unpaired) electrons. The zero-order chi connectivity index (χ0) is 14.7. The highest BCUT2D eigenvalue weighted by atomic mass is 35.5. The molecule has 2 rings (SSSR count). The van der Waals surface area contributed by atoms with Crippen molar-refractivity contribution in [1.82, 2.24) is 4.90 Å². The fraction of sp³-hybridized carbons (Fsp3) is 0.533. The van der Waals surface area contributed by atoms with Gasteiger partial charge in [0.2, 0.25) is 0 Å². The van der Waals surface area contributed by atoms with Gasteiger partial charge in [-0.3, -0.25) is 9.69 Å². The van der Waals surface area contributed by atoms with E-state index in [0.717, 1.165) is 36.9 Å². The minimum absolute atomic E-state index is 0.116. The zero-order valence-electron chi connectivity index (χ0n) is 11.9. The van der Waals surface area contributed by atoms with Crippen LogP contribution in [0.15, 0.2) is 24.3 Å². The summed E-state index contributed by atoms with van der Waals surface area (Å²) in [5, 5.41) is 10.1. The third kappa shape index (κ3) is 3.44. The lowest BCUT2D eigenvalue weighted by molar-refractivity contribution is -0.145. The summed E-state index contributed by atoms with van der Waals surface area (Å²) in [5.41, 5.74) is 1.11. The second kappa shape index (κ2) is 6.46. The van der Waals surface area contributed by atoms with Gasteiger partial charge < -0.3 is 10.0 Å². The number of nitrogens with zero attached hydrogens (tertiary/aromatic N) is 2. The summed E-state index contributed by atoms with van der Waals surface area (Å²) in [6.45, 7) is 7.11. The van der Waals surface area contributed by atoms with E-state index >= 15 is 0 Å². The number of rotatable bonds is 4. The second-order valence-electron chi connectivity index (χ2n) is 5.53. The first-order valence-electron chi connectivity index (χ1n) is 6.96. The number of carbonyl (C=O) groups is 1. The van der Waals surface area contributed by atoms with Crippen molar-refractivity contribution >= 4 is 23.3 Å². The van der Waals surface area contributed by atoms with Crippen molar-refractivity contribution in [2.45, 2.75) is 19.9 Å². The highest BCUT2D eigenvalue weighted by Crippen LogP contribution is 2.22. The average Bonchev–Trinajstić information content (AvgIpc) is 2.38. The molecule has 1 atom stereocenters. The largest absolute Gasteiger partial charge is 0.480 e. The maximum Gasteiger partial charge on any atom is 0.321 e. The van der Waals surface area contributed by atoms with Crippen LogP contribution in [0.2, 0.25) is 5.02 Å². The summed E-state index contributed by atoms with van der Waals surface area (Å²) in [7, 11) is 0. The first kappa shape index (κ1) is 15.1. The van der Waals surface area contributed by atoms with Gasteiger partial charge in [0.25, 0.3) is 0 Å². The molecule has 0 bridgehead atoms. The fourth-order valence-electron chi connectivity index (χ4n) is 2.79. The van der Waals surface area contributed by atoms with Crippen molar-refractivity contribution in [2.24, 2.45) is 5.92 Å². The van der Waals surface area contributed by atoms with Crippen molar-refractivity contribution < 1.29 is 9.90 Å². The molecule has 1 N–H and O–H groups in total. The Bertz CT molecular complexity index is 471. The Morgan fingerprint density at radius 2 is 1.90 bits per heavy atom. The maximum atomic E-state index is 11.4. The number of carboxylic acids is 1. The summed E-state index contributed by atoms with van der Waals surface area (Å²) in [6.07, 6.45) is 0. The van der Waals surface area contributed by atoms with E-state index in [1.54, 1.807) is 0 Å². The van der Waals surface area contributed by atoms with Crippen molar-refractivity contribution in [3.63, 3.8) is 0 Å². The Balaban J connectivity index is 2.00. The summed E-state index contributed by atoms with van der Waals surface area (Å²) >= 11 is 6.01. The van der Waals surface area contributed by atoms with Crippen LogP contribution in [0, 0.1) is 5.92 Å². The van der Waals surface area contributed by atoms with Gasteiger partial charge in [-0.05, 0) is 24.1 Å². The Labute approximate surface area is 124 Å². The number of anilines is 1. The van der Waals surface area contributed by atoms with E-state index in [1.807, 2.05) is 38.1 Å². The van der Waals surface area contributed by atoms with Gasteiger partial charge >= 0.3 is 5.97 Å². The number of aliphatic carboxylic acids is 1. The Morgan fingerprint density at radius 3 is 2.40 bits per heavy atom. The van der Waals surface area contributed by atoms with Crippen LogP contribution in [-0.2, 0) is 4.79 Å². The molecule has 1 aromatic carbocycles. The molecule has 1 aliphatic rings. The second-order valence-corrected chi connectivity index (χ2v) is 5.97. The highest BCUT2D eigenvalue weighted by Gasteiger charge is 2.31. The standard InChI is InChI=1S/C15H21ClN2O2/c1-11(2)14(15(19)20)18-8-6-17(7-9-18)13-5-3-4-12(16)10-13/h3-5,10-11,14H,6-9H2,1-2H3,(H,19,20). The van der Waals surface area contributed by atoms with Crippen LogP contribution in [0.3, 0.4) is 0 Å². The van der Waals surface area contributed by atoms with Crippen LogP contribution in [0.25, 0.3) is 0 Å². The first-order valence-corrected chi connectivity index (χ1v) is 7.34. The van der Waals surface area contributed by atoms with Gasteiger partial charge in [0.05, 0.1) is 0 Å². The minimum atomic E-state index is -0.726. The maximum absolute atomic E-state index is 11.4. The monoisotopic (exact) mass is 296 g/mol. The zero-order valence-corrected chi connectivity index (χ0v) is 12.7. The molecular weight excluding hydrogens is 276 g/mol. The molecule has 1 aliphatic heterocycles. The topological polar surface area (TPSA) is 43.8 Å². The summed E-state index contributed by atoms with van der Waals surface area (Å²) in [6, 6.07) is 7.41. The van der Waals surface area contributed by atoms with Gasteiger partial charge in [-0.15, -0.1) is 0 Å². The van der Waals surface area contributed by atoms with Crippen LogP contribution >= 0.6 is 11.6 Å². The van der Waals surface area contributed by atoms with Crippen LogP contribution in [-0.4, -0.2) is 48.2 Å². The molecule has 0 aliphatic carbocycles. The van der Waals surface area contributed by atoms with Gasteiger partial charge in [0.15, 0.2) is 0 Å². The molecule has 4 nitrogen and oxygen atoms in total. The molecule has 1 unspecified atom stereocenters. The molecule has 20 heavy (non-hydrogen) atoms. The smallest absolute Gasteiger partial charge is 0.321 e. The number of piperazine rings is 1. The lowest BCUT2D eigenvalue weighted by atomic mass is 10.0. The lowest BCUT2D eigenvalue weighted by Gasteiger charge is -2.40. The number of hydrogen-bond donors (Lipinski definition) is 1. The van der Waals surface area contributed by atoms with E-state index in [4.69, 9.17) is 11.6 Å². The van der Waals surface area contributed by atoms with E-state index in [0.29, 0.717) is 0 Å². The van der Waals surface area contributed by atoms with Gasteiger partial charge in [0, 0.05) is 36.9 Å². The minimum Gasteiger partial charge on any atom is -0.480 e. The third-order valence-electron chi connectivity index (χ3n) is 3.77. The normalized spacial score (nSPS) is 18.3. The van der Waals surface area contributed by atoms with Crippen LogP contribution < -0.4 is 4.90 Å². The summed E-state index contributed by atoms with van der Waals surface area (Å²) in [4.78, 5) is 15.7. The van der Waals surface area contributed by atoms with E-state index in [2.05, 4.69) is 9.80 Å². The van der Waals surface area contributed by atoms with Crippen LogP contribution in [0.4, 0.5) is 5.69 Å². The predicted molar refractivity (Wildman–Crippen MR) is 81.5 cm³/mol. The van der Waals surface area contributed by atoms with E-state index < -0.39 is 12.0 Å². The SMILES string of the molecule is CC(C)C(C(=O)O)N1CCN(c2cccc(Cl)c2)CC1. The van der Waals surface area contributed by atoms with Gasteiger partial charge in [-0.1, -0.05) is 31.5 Å². The molecule has 1 heterocycles. The molecule has 0 aromatic heterocycles. The molecule has 1 saturated heterocycles. The molecule has 0 amide bonds. The molecule has 110 valence electrons. The molecule has 1 fully saturated rings. The van der Waals surface area contributed by atoms with E-state index in [9.17, 15) is 9.90 Å². The van der Waals surface area contributed by atoms with Crippen LogP contribution in [0.1, 0.15) is 13.8 Å². The lowest BCUT2D eigenvalue weighted by Crippen LogP contribution is -2.54. The number of hydrogen-bond acceptors (Lipinski definition) is 3. The number of benzene rings is 1. The Kier molecular flexibility index (Phi) is 4.89. The quantitative estimate of drug-likeness (QED) is 0.927. The molecule has 0 spiro atoms. The fourth-order valence-corrected chi connectivity index (χ4v) is 2.98.